The van der Waals surface area contributed by atoms with E-state index >= 15 is 0 Å². The molecule has 68 valence electrons. The van der Waals surface area contributed by atoms with Crippen LogP contribution in [-0.2, 0) is 16.1 Å². The van der Waals surface area contributed by atoms with Gasteiger partial charge in [0.15, 0.2) is 0 Å². The van der Waals surface area contributed by atoms with Gasteiger partial charge in [-0.1, -0.05) is 36.9 Å². The molecule has 0 aliphatic rings. The van der Waals surface area contributed by atoms with Gasteiger partial charge in [0.05, 0.1) is 13.2 Å². The van der Waals surface area contributed by atoms with Gasteiger partial charge in [0, 0.05) is 5.57 Å². The number of carbonyl (C=O) groups excluding carboxylic acids is 1. The molecule has 1 aromatic carbocycles. The van der Waals surface area contributed by atoms with Crippen molar-refractivity contribution in [1.82, 2.24) is 0 Å². The first-order chi connectivity index (χ1) is 6.33. The van der Waals surface area contributed by atoms with Crippen LogP contribution in [0.15, 0.2) is 42.5 Å². The third-order valence-corrected chi connectivity index (χ3v) is 1.57. The Balaban J connectivity index is 2.28. The fraction of sp³-hybridized carbons (Fsp3) is 0.182. The molecule has 13 heavy (non-hydrogen) atoms. The quantitative estimate of drug-likeness (QED) is 0.506. The zero-order chi connectivity index (χ0) is 9.52. The number of hydrogen-bond donors (Lipinski definition) is 0. The van der Waals surface area contributed by atoms with E-state index in [0.29, 0.717) is 25.1 Å². The van der Waals surface area contributed by atoms with Gasteiger partial charge < -0.3 is 4.74 Å². The average Bonchev–Trinajstić information content (AvgIpc) is 2.19. The van der Waals surface area contributed by atoms with Crippen molar-refractivity contribution < 1.29 is 9.53 Å². The van der Waals surface area contributed by atoms with Crippen molar-refractivity contribution in [1.29, 1.82) is 0 Å². The van der Waals surface area contributed by atoms with E-state index in [-0.39, 0.29) is 0 Å². The minimum Gasteiger partial charge on any atom is -0.372 e. The van der Waals surface area contributed by atoms with E-state index < -0.39 is 0 Å². The number of rotatable bonds is 5. The van der Waals surface area contributed by atoms with Crippen LogP contribution in [0.2, 0.25) is 0 Å². The predicted molar refractivity (Wildman–Crippen MR) is 51.3 cm³/mol. The SMILES string of the molecule is C=C(C=O)COCc1ccccc1. The van der Waals surface area contributed by atoms with Crippen molar-refractivity contribution in [3.05, 3.63) is 48.0 Å². The summed E-state index contributed by atoms with van der Waals surface area (Å²) in [5.41, 5.74) is 1.57. The van der Waals surface area contributed by atoms with E-state index in [1.807, 2.05) is 30.3 Å². The minimum absolute atomic E-state index is 0.304. The topological polar surface area (TPSA) is 26.3 Å². The molecule has 0 spiro atoms. The predicted octanol–water partition coefficient (Wildman–Crippen LogP) is 1.96. The van der Waals surface area contributed by atoms with E-state index in [0.717, 1.165) is 5.56 Å². The zero-order valence-corrected chi connectivity index (χ0v) is 7.40. The monoisotopic (exact) mass is 176 g/mol. The lowest BCUT2D eigenvalue weighted by Crippen LogP contribution is -1.98. The first-order valence-corrected chi connectivity index (χ1v) is 4.07. The summed E-state index contributed by atoms with van der Waals surface area (Å²) in [5, 5.41) is 0. The van der Waals surface area contributed by atoms with E-state index in [9.17, 15) is 4.79 Å². The molecule has 0 unspecified atom stereocenters. The summed E-state index contributed by atoms with van der Waals surface area (Å²) in [7, 11) is 0. The van der Waals surface area contributed by atoms with Gasteiger partial charge in [-0.05, 0) is 5.56 Å². The van der Waals surface area contributed by atoms with Crippen LogP contribution in [0, 0.1) is 0 Å². The Morgan fingerprint density at radius 3 is 2.69 bits per heavy atom. The molecule has 0 bridgehead atoms. The second-order valence-corrected chi connectivity index (χ2v) is 2.75. The summed E-state index contributed by atoms with van der Waals surface area (Å²) in [6.45, 7) is 4.34. The van der Waals surface area contributed by atoms with Crippen LogP contribution in [-0.4, -0.2) is 12.9 Å². The van der Waals surface area contributed by atoms with Crippen LogP contribution >= 0.6 is 0 Å². The van der Waals surface area contributed by atoms with Gasteiger partial charge in [-0.25, -0.2) is 0 Å². The molecule has 1 rings (SSSR count). The Labute approximate surface area is 77.8 Å². The second-order valence-electron chi connectivity index (χ2n) is 2.75. The molecular weight excluding hydrogens is 164 g/mol. The highest BCUT2D eigenvalue weighted by Crippen LogP contribution is 2.01. The molecule has 0 atom stereocenters. The standard InChI is InChI=1S/C11H12O2/c1-10(7-12)8-13-9-11-5-3-2-4-6-11/h2-7H,1,8-9H2. The highest BCUT2D eigenvalue weighted by atomic mass is 16.5. The van der Waals surface area contributed by atoms with Crippen LogP contribution in [0.1, 0.15) is 5.56 Å². The first-order valence-electron chi connectivity index (χ1n) is 4.07. The number of benzene rings is 1. The molecule has 2 nitrogen and oxygen atoms in total. The molecule has 0 radical (unpaired) electrons. The molecule has 0 aromatic heterocycles. The minimum atomic E-state index is 0.304. The number of ether oxygens (including phenoxy) is 1. The number of hydrogen-bond acceptors (Lipinski definition) is 2. The van der Waals surface area contributed by atoms with Gasteiger partial charge >= 0.3 is 0 Å². The van der Waals surface area contributed by atoms with Crippen molar-refractivity contribution in [2.45, 2.75) is 6.61 Å². The highest BCUT2D eigenvalue weighted by molar-refractivity contribution is 5.72. The molecule has 0 fully saturated rings. The number of aldehydes is 1. The summed E-state index contributed by atoms with van der Waals surface area (Å²) in [5.74, 6) is 0. The Kier molecular flexibility index (Phi) is 3.93. The highest BCUT2D eigenvalue weighted by Gasteiger charge is 1.93. The van der Waals surface area contributed by atoms with Gasteiger partial charge in [-0.2, -0.15) is 0 Å². The Morgan fingerprint density at radius 1 is 1.38 bits per heavy atom. The molecular formula is C11H12O2. The third-order valence-electron chi connectivity index (χ3n) is 1.57. The normalized spacial score (nSPS) is 9.54. The largest absolute Gasteiger partial charge is 0.372 e. The Bertz CT molecular complexity index is 277. The Hall–Kier alpha value is -1.41. The van der Waals surface area contributed by atoms with Gasteiger partial charge in [-0.3, -0.25) is 4.79 Å². The van der Waals surface area contributed by atoms with Crippen molar-refractivity contribution >= 4 is 6.29 Å². The van der Waals surface area contributed by atoms with E-state index in [1.165, 1.54) is 0 Å². The van der Waals surface area contributed by atoms with E-state index in [2.05, 4.69) is 6.58 Å². The van der Waals surface area contributed by atoms with E-state index in [1.54, 1.807) is 0 Å². The molecule has 1 aromatic rings. The molecule has 0 saturated heterocycles. The lowest BCUT2D eigenvalue weighted by molar-refractivity contribution is -0.105. The molecule has 2 heteroatoms. The molecule has 0 N–H and O–H groups in total. The van der Waals surface area contributed by atoms with Crippen LogP contribution in [0.25, 0.3) is 0 Å². The maximum absolute atomic E-state index is 10.2. The zero-order valence-electron chi connectivity index (χ0n) is 7.40. The fourth-order valence-electron chi connectivity index (χ4n) is 0.908. The Morgan fingerprint density at radius 2 is 2.08 bits per heavy atom. The molecule has 0 aliphatic heterocycles. The van der Waals surface area contributed by atoms with Crippen LogP contribution in [0.5, 0.6) is 0 Å². The lowest BCUT2D eigenvalue weighted by atomic mass is 10.2. The van der Waals surface area contributed by atoms with Gasteiger partial charge in [-0.15, -0.1) is 0 Å². The summed E-state index contributed by atoms with van der Waals surface area (Å²) >= 11 is 0. The molecule has 0 aliphatic carbocycles. The third kappa shape index (κ3) is 3.67. The molecule has 0 amide bonds. The van der Waals surface area contributed by atoms with Crippen molar-refractivity contribution in [2.75, 3.05) is 6.61 Å². The summed E-state index contributed by atoms with van der Waals surface area (Å²) in [6, 6.07) is 9.81. The van der Waals surface area contributed by atoms with E-state index in [4.69, 9.17) is 4.74 Å². The van der Waals surface area contributed by atoms with Crippen molar-refractivity contribution in [3.8, 4) is 0 Å². The average molecular weight is 176 g/mol. The van der Waals surface area contributed by atoms with Gasteiger partial charge in [0.1, 0.15) is 6.29 Å². The smallest absolute Gasteiger partial charge is 0.147 e. The summed E-state index contributed by atoms with van der Waals surface area (Å²) < 4.78 is 5.24. The first kappa shape index (κ1) is 9.68. The van der Waals surface area contributed by atoms with Crippen LogP contribution < -0.4 is 0 Å². The summed E-state index contributed by atoms with van der Waals surface area (Å²) in [4.78, 5) is 10.2. The maximum Gasteiger partial charge on any atom is 0.147 e. The van der Waals surface area contributed by atoms with Crippen LogP contribution in [0.4, 0.5) is 0 Å². The van der Waals surface area contributed by atoms with Crippen molar-refractivity contribution in [2.24, 2.45) is 0 Å². The van der Waals surface area contributed by atoms with Gasteiger partial charge in [0.25, 0.3) is 0 Å². The summed E-state index contributed by atoms with van der Waals surface area (Å²) in [6.07, 6.45) is 0.713. The number of carbonyl (C=O) groups is 1. The van der Waals surface area contributed by atoms with Crippen molar-refractivity contribution in [3.63, 3.8) is 0 Å². The van der Waals surface area contributed by atoms with Gasteiger partial charge in [0.2, 0.25) is 0 Å². The second kappa shape index (κ2) is 5.27. The lowest BCUT2D eigenvalue weighted by Gasteiger charge is -2.02. The molecule has 0 saturated carbocycles. The molecule has 0 heterocycles. The van der Waals surface area contributed by atoms with Crippen LogP contribution in [0.3, 0.4) is 0 Å². The maximum atomic E-state index is 10.2. The fourth-order valence-corrected chi connectivity index (χ4v) is 0.908.